The van der Waals surface area contributed by atoms with Crippen LogP contribution in [0.4, 0.5) is 14.5 Å². The Balaban J connectivity index is 3.17. The van der Waals surface area contributed by atoms with Crippen LogP contribution in [0.2, 0.25) is 0 Å². The summed E-state index contributed by atoms with van der Waals surface area (Å²) in [7, 11) is 0. The van der Waals surface area contributed by atoms with E-state index in [1.54, 1.807) is 0 Å². The Labute approximate surface area is 65.5 Å². The number of halogens is 2. The first-order chi connectivity index (χ1) is 5.43. The molecule has 0 bridgehead atoms. The number of hydrogen-bond donors (Lipinski definition) is 1. The average molecular weight is 177 g/mol. The third-order valence-corrected chi connectivity index (χ3v) is 1.26. The van der Waals surface area contributed by atoms with Crippen molar-refractivity contribution in [1.82, 2.24) is 10.2 Å². The minimum Gasteiger partial charge on any atom is -0.270 e. The number of nitro groups is 1. The zero-order valence-electron chi connectivity index (χ0n) is 6.04. The van der Waals surface area contributed by atoms with E-state index in [0.29, 0.717) is 6.92 Å². The molecule has 0 amide bonds. The van der Waals surface area contributed by atoms with Gasteiger partial charge in [0, 0.05) is 6.92 Å². The van der Waals surface area contributed by atoms with Gasteiger partial charge in [0.15, 0.2) is 5.69 Å². The van der Waals surface area contributed by atoms with Gasteiger partial charge in [0.05, 0.1) is 4.92 Å². The van der Waals surface area contributed by atoms with E-state index in [9.17, 15) is 18.9 Å². The first-order valence-corrected chi connectivity index (χ1v) is 2.99. The molecule has 1 aromatic rings. The SMILES string of the molecule is CC(F)(F)c1[nH]ncc1[N+](=O)[O-]. The number of aromatic nitrogens is 2. The molecule has 7 heteroatoms. The number of alkyl halides is 2. The van der Waals surface area contributed by atoms with Crippen molar-refractivity contribution in [3.05, 3.63) is 22.0 Å². The van der Waals surface area contributed by atoms with Crippen molar-refractivity contribution in [1.29, 1.82) is 0 Å². The van der Waals surface area contributed by atoms with Crippen LogP contribution < -0.4 is 0 Å². The standard InChI is InChI=1S/C5H5F2N3O2/c1-5(6,7)4-3(10(11)12)2-8-9-4/h2H,1H3,(H,8,9). The van der Waals surface area contributed by atoms with Crippen LogP contribution in [0.25, 0.3) is 0 Å². The molecule has 0 spiro atoms. The summed E-state index contributed by atoms with van der Waals surface area (Å²) in [6, 6.07) is 0. The number of nitrogens with zero attached hydrogens (tertiary/aromatic N) is 2. The molecule has 1 heterocycles. The molecule has 0 saturated heterocycles. The molecule has 66 valence electrons. The van der Waals surface area contributed by atoms with Crippen LogP contribution in [0.1, 0.15) is 12.6 Å². The summed E-state index contributed by atoms with van der Waals surface area (Å²) < 4.78 is 25.1. The molecular formula is C5H5F2N3O2. The average Bonchev–Trinajstić information content (AvgIpc) is 2.30. The molecule has 0 aromatic carbocycles. The van der Waals surface area contributed by atoms with Gasteiger partial charge in [-0.15, -0.1) is 0 Å². The van der Waals surface area contributed by atoms with E-state index < -0.39 is 22.2 Å². The van der Waals surface area contributed by atoms with Crippen LogP contribution in [0.5, 0.6) is 0 Å². The van der Waals surface area contributed by atoms with E-state index in [-0.39, 0.29) is 0 Å². The van der Waals surface area contributed by atoms with Gasteiger partial charge in [-0.2, -0.15) is 13.9 Å². The summed E-state index contributed by atoms with van der Waals surface area (Å²) >= 11 is 0. The highest BCUT2D eigenvalue weighted by molar-refractivity contribution is 5.34. The monoisotopic (exact) mass is 177 g/mol. The molecule has 1 N–H and O–H groups in total. The molecular weight excluding hydrogens is 172 g/mol. The first-order valence-electron chi connectivity index (χ1n) is 2.99. The fraction of sp³-hybridized carbons (Fsp3) is 0.400. The van der Waals surface area contributed by atoms with Crippen LogP contribution in [-0.4, -0.2) is 15.1 Å². The van der Waals surface area contributed by atoms with Gasteiger partial charge in [0.1, 0.15) is 6.20 Å². The van der Waals surface area contributed by atoms with Crippen molar-refractivity contribution >= 4 is 5.69 Å². The minimum absolute atomic E-state index is 0.563. The van der Waals surface area contributed by atoms with E-state index in [1.165, 1.54) is 0 Å². The first kappa shape index (κ1) is 8.57. The molecule has 1 aromatic heterocycles. The highest BCUT2D eigenvalue weighted by atomic mass is 19.3. The van der Waals surface area contributed by atoms with Gasteiger partial charge in [-0.1, -0.05) is 0 Å². The summed E-state index contributed by atoms with van der Waals surface area (Å²) in [5.74, 6) is -3.26. The van der Waals surface area contributed by atoms with Gasteiger partial charge in [-0.05, 0) is 0 Å². The molecule has 12 heavy (non-hydrogen) atoms. The maximum Gasteiger partial charge on any atom is 0.316 e. The van der Waals surface area contributed by atoms with Crippen LogP contribution in [0, 0.1) is 10.1 Å². The fourth-order valence-corrected chi connectivity index (χ4v) is 0.741. The second-order valence-corrected chi connectivity index (χ2v) is 2.28. The van der Waals surface area contributed by atoms with Crippen molar-refractivity contribution in [3.63, 3.8) is 0 Å². The molecule has 5 nitrogen and oxygen atoms in total. The second kappa shape index (κ2) is 2.50. The Kier molecular flexibility index (Phi) is 1.79. The number of hydrogen-bond acceptors (Lipinski definition) is 3. The Hall–Kier alpha value is -1.53. The number of H-pyrrole nitrogens is 1. The Bertz CT molecular complexity index is 304. The normalized spacial score (nSPS) is 11.6. The third kappa shape index (κ3) is 1.39. The van der Waals surface area contributed by atoms with Gasteiger partial charge in [0.25, 0.3) is 5.92 Å². The molecule has 0 aliphatic heterocycles. The van der Waals surface area contributed by atoms with E-state index in [1.807, 2.05) is 5.10 Å². The summed E-state index contributed by atoms with van der Waals surface area (Å²) in [4.78, 5) is 9.24. The molecule has 1 rings (SSSR count). The van der Waals surface area contributed by atoms with Gasteiger partial charge in [0.2, 0.25) is 0 Å². The van der Waals surface area contributed by atoms with Crippen LogP contribution in [-0.2, 0) is 5.92 Å². The molecule has 0 saturated carbocycles. The number of nitrogens with one attached hydrogen (secondary N) is 1. The van der Waals surface area contributed by atoms with Crippen molar-refractivity contribution < 1.29 is 13.7 Å². The highest BCUT2D eigenvalue weighted by Crippen LogP contribution is 2.31. The van der Waals surface area contributed by atoms with E-state index in [4.69, 9.17) is 0 Å². The largest absolute Gasteiger partial charge is 0.316 e. The van der Waals surface area contributed by atoms with E-state index in [0.717, 1.165) is 6.20 Å². The summed E-state index contributed by atoms with van der Waals surface area (Å²) in [5, 5.41) is 15.2. The van der Waals surface area contributed by atoms with Crippen molar-refractivity contribution in [2.45, 2.75) is 12.8 Å². The van der Waals surface area contributed by atoms with Gasteiger partial charge >= 0.3 is 5.69 Å². The van der Waals surface area contributed by atoms with Crippen molar-refractivity contribution in [3.8, 4) is 0 Å². The van der Waals surface area contributed by atoms with Gasteiger partial charge in [-0.25, -0.2) is 0 Å². The lowest BCUT2D eigenvalue weighted by Gasteiger charge is -2.05. The lowest BCUT2D eigenvalue weighted by atomic mass is 10.2. The summed E-state index contributed by atoms with van der Waals surface area (Å²) in [6.07, 6.45) is 0.757. The van der Waals surface area contributed by atoms with Crippen LogP contribution >= 0.6 is 0 Å². The van der Waals surface area contributed by atoms with Gasteiger partial charge < -0.3 is 0 Å². The smallest absolute Gasteiger partial charge is 0.270 e. The van der Waals surface area contributed by atoms with Crippen molar-refractivity contribution in [2.75, 3.05) is 0 Å². The quantitative estimate of drug-likeness (QED) is 0.548. The van der Waals surface area contributed by atoms with Crippen LogP contribution in [0.15, 0.2) is 6.20 Å². The van der Waals surface area contributed by atoms with Crippen LogP contribution in [0.3, 0.4) is 0 Å². The topological polar surface area (TPSA) is 71.8 Å². The highest BCUT2D eigenvalue weighted by Gasteiger charge is 2.35. The fourth-order valence-electron chi connectivity index (χ4n) is 0.741. The molecule has 0 fully saturated rings. The van der Waals surface area contributed by atoms with E-state index >= 15 is 0 Å². The minimum atomic E-state index is -3.26. The molecule has 0 atom stereocenters. The summed E-state index contributed by atoms with van der Waals surface area (Å²) in [5.41, 5.74) is -1.46. The molecule has 0 aliphatic carbocycles. The third-order valence-electron chi connectivity index (χ3n) is 1.26. The zero-order valence-corrected chi connectivity index (χ0v) is 6.04. The zero-order chi connectivity index (χ0) is 9.35. The number of aromatic amines is 1. The molecule has 0 aliphatic rings. The Morgan fingerprint density at radius 1 is 1.75 bits per heavy atom. The Morgan fingerprint density at radius 2 is 2.33 bits per heavy atom. The molecule has 0 radical (unpaired) electrons. The predicted molar refractivity (Wildman–Crippen MR) is 34.8 cm³/mol. The maximum absolute atomic E-state index is 12.5. The number of rotatable bonds is 2. The summed E-state index contributed by atoms with van der Waals surface area (Å²) in [6.45, 7) is 0.563. The van der Waals surface area contributed by atoms with Gasteiger partial charge in [-0.3, -0.25) is 15.2 Å². The molecule has 0 unspecified atom stereocenters. The Morgan fingerprint density at radius 3 is 2.67 bits per heavy atom. The second-order valence-electron chi connectivity index (χ2n) is 2.28. The predicted octanol–water partition coefficient (Wildman–Crippen LogP) is 1.43. The van der Waals surface area contributed by atoms with Crippen molar-refractivity contribution in [2.24, 2.45) is 0 Å². The lowest BCUT2D eigenvalue weighted by molar-refractivity contribution is -0.386. The van der Waals surface area contributed by atoms with E-state index in [2.05, 4.69) is 5.10 Å². The lowest BCUT2D eigenvalue weighted by Crippen LogP contribution is -2.10. The maximum atomic E-state index is 12.5.